The molecule has 3 aromatic rings. The Bertz CT molecular complexity index is 969. The van der Waals surface area contributed by atoms with Gasteiger partial charge in [-0.3, -0.25) is 9.59 Å². The Kier molecular flexibility index (Phi) is 6.54. The van der Waals surface area contributed by atoms with Crippen molar-refractivity contribution in [3.05, 3.63) is 82.7 Å². The number of hydrogen-bond donors (Lipinski definition) is 2. The standard InChI is InChI=1S/C23H26N2O4/c1-4-18-10-12-20(28-18)22(26)24-14-16-6-8-17(9-7-16)15(3)25-23(27)21-13-11-19(5-2)29-21/h6-13,15H,4-5,14H2,1-3H3,(H,24,26)(H,25,27)/t15-/m0/s1. The van der Waals surface area contributed by atoms with Crippen LogP contribution >= 0.6 is 0 Å². The van der Waals surface area contributed by atoms with Gasteiger partial charge < -0.3 is 19.5 Å². The van der Waals surface area contributed by atoms with Crippen LogP contribution in [-0.2, 0) is 19.4 Å². The number of benzene rings is 1. The molecule has 29 heavy (non-hydrogen) atoms. The van der Waals surface area contributed by atoms with Gasteiger partial charge in [0.2, 0.25) is 0 Å². The van der Waals surface area contributed by atoms with Crippen molar-refractivity contribution in [2.75, 3.05) is 0 Å². The summed E-state index contributed by atoms with van der Waals surface area (Å²) < 4.78 is 10.9. The van der Waals surface area contributed by atoms with Gasteiger partial charge in [-0.25, -0.2) is 0 Å². The van der Waals surface area contributed by atoms with E-state index in [1.165, 1.54) is 0 Å². The van der Waals surface area contributed by atoms with E-state index in [1.807, 2.05) is 57.2 Å². The maximum atomic E-state index is 12.3. The Morgan fingerprint density at radius 3 is 1.90 bits per heavy atom. The number of amides is 2. The van der Waals surface area contributed by atoms with Gasteiger partial charge >= 0.3 is 0 Å². The fraction of sp³-hybridized carbons (Fsp3) is 0.304. The normalized spacial score (nSPS) is 11.8. The molecule has 0 radical (unpaired) electrons. The van der Waals surface area contributed by atoms with Crippen LogP contribution in [0.1, 0.15) is 70.6 Å². The number of rotatable bonds is 8. The Hall–Kier alpha value is -3.28. The highest BCUT2D eigenvalue weighted by molar-refractivity contribution is 5.92. The first-order valence-electron chi connectivity index (χ1n) is 9.85. The summed E-state index contributed by atoms with van der Waals surface area (Å²) in [5, 5.41) is 5.78. The third-order valence-corrected chi connectivity index (χ3v) is 4.75. The summed E-state index contributed by atoms with van der Waals surface area (Å²) in [7, 11) is 0. The average molecular weight is 394 g/mol. The summed E-state index contributed by atoms with van der Waals surface area (Å²) in [6, 6.07) is 14.6. The van der Waals surface area contributed by atoms with Crippen LogP contribution in [0.3, 0.4) is 0 Å². The maximum Gasteiger partial charge on any atom is 0.287 e. The average Bonchev–Trinajstić information content (AvgIpc) is 3.41. The SMILES string of the molecule is CCc1ccc(C(=O)NCc2ccc([C@H](C)NC(=O)c3ccc(CC)o3)cc2)o1. The molecular weight excluding hydrogens is 368 g/mol. The van der Waals surface area contributed by atoms with Crippen molar-refractivity contribution < 1.29 is 18.4 Å². The van der Waals surface area contributed by atoms with Crippen molar-refractivity contribution in [1.82, 2.24) is 10.6 Å². The largest absolute Gasteiger partial charge is 0.456 e. The molecule has 2 amide bonds. The number of hydrogen-bond acceptors (Lipinski definition) is 4. The van der Waals surface area contributed by atoms with Crippen LogP contribution in [0.25, 0.3) is 0 Å². The van der Waals surface area contributed by atoms with Crippen molar-refractivity contribution in [1.29, 1.82) is 0 Å². The molecule has 0 unspecified atom stereocenters. The predicted octanol–water partition coefficient (Wildman–Crippen LogP) is 4.42. The predicted molar refractivity (Wildman–Crippen MR) is 110 cm³/mol. The Labute approximate surface area is 170 Å². The van der Waals surface area contributed by atoms with Crippen LogP contribution in [0.5, 0.6) is 0 Å². The highest BCUT2D eigenvalue weighted by Crippen LogP contribution is 2.16. The van der Waals surface area contributed by atoms with Crippen LogP contribution in [0, 0.1) is 0 Å². The van der Waals surface area contributed by atoms with Crippen LogP contribution in [0.15, 0.2) is 57.4 Å². The summed E-state index contributed by atoms with van der Waals surface area (Å²) in [4.78, 5) is 24.4. The molecule has 0 bridgehead atoms. The van der Waals surface area contributed by atoms with E-state index < -0.39 is 0 Å². The Balaban J connectivity index is 1.53. The van der Waals surface area contributed by atoms with Gasteiger partial charge in [-0.05, 0) is 42.3 Å². The molecule has 0 aliphatic carbocycles. The van der Waals surface area contributed by atoms with Crippen LogP contribution in [0.4, 0.5) is 0 Å². The zero-order valence-corrected chi connectivity index (χ0v) is 17.0. The van der Waals surface area contributed by atoms with E-state index in [1.54, 1.807) is 12.1 Å². The first-order chi connectivity index (χ1) is 14.0. The molecule has 2 heterocycles. The van der Waals surface area contributed by atoms with Crippen LogP contribution in [-0.4, -0.2) is 11.8 Å². The van der Waals surface area contributed by atoms with Gasteiger partial charge in [-0.1, -0.05) is 38.1 Å². The van der Waals surface area contributed by atoms with E-state index in [-0.39, 0.29) is 17.9 Å². The summed E-state index contributed by atoms with van der Waals surface area (Å²) in [6.45, 7) is 6.27. The smallest absolute Gasteiger partial charge is 0.287 e. The fourth-order valence-electron chi connectivity index (χ4n) is 2.92. The molecule has 3 rings (SSSR count). The van der Waals surface area contributed by atoms with Crippen molar-refractivity contribution in [3.63, 3.8) is 0 Å². The van der Waals surface area contributed by atoms with E-state index in [0.29, 0.717) is 18.1 Å². The molecule has 1 aromatic carbocycles. The molecule has 0 saturated carbocycles. The van der Waals surface area contributed by atoms with Crippen LogP contribution < -0.4 is 10.6 Å². The van der Waals surface area contributed by atoms with Crippen LogP contribution in [0.2, 0.25) is 0 Å². The lowest BCUT2D eigenvalue weighted by Crippen LogP contribution is -2.26. The summed E-state index contributed by atoms with van der Waals surface area (Å²) >= 11 is 0. The molecule has 1 atom stereocenters. The number of aryl methyl sites for hydroxylation is 2. The molecule has 2 N–H and O–H groups in total. The second kappa shape index (κ2) is 9.28. The summed E-state index contributed by atoms with van der Waals surface area (Å²) in [5.41, 5.74) is 1.93. The van der Waals surface area contributed by atoms with E-state index in [0.717, 1.165) is 35.5 Å². The second-order valence-electron chi connectivity index (χ2n) is 6.86. The summed E-state index contributed by atoms with van der Waals surface area (Å²) in [6.07, 6.45) is 1.50. The monoisotopic (exact) mass is 394 g/mol. The molecule has 0 fully saturated rings. The third-order valence-electron chi connectivity index (χ3n) is 4.75. The van der Waals surface area contributed by atoms with Gasteiger partial charge in [0.1, 0.15) is 11.5 Å². The quantitative estimate of drug-likeness (QED) is 0.592. The van der Waals surface area contributed by atoms with Gasteiger partial charge in [0.15, 0.2) is 11.5 Å². The van der Waals surface area contributed by atoms with Gasteiger partial charge in [-0.15, -0.1) is 0 Å². The highest BCUT2D eigenvalue weighted by Gasteiger charge is 2.15. The summed E-state index contributed by atoms with van der Waals surface area (Å²) in [5.74, 6) is 1.74. The molecule has 0 spiro atoms. The number of carbonyl (C=O) groups excluding carboxylic acids is 2. The van der Waals surface area contributed by atoms with E-state index in [9.17, 15) is 9.59 Å². The molecule has 152 valence electrons. The molecule has 6 heteroatoms. The number of nitrogens with one attached hydrogen (secondary N) is 2. The van der Waals surface area contributed by atoms with Gasteiger partial charge in [0.05, 0.1) is 6.04 Å². The molecule has 6 nitrogen and oxygen atoms in total. The van der Waals surface area contributed by atoms with E-state index >= 15 is 0 Å². The van der Waals surface area contributed by atoms with Crippen molar-refractivity contribution in [2.24, 2.45) is 0 Å². The van der Waals surface area contributed by atoms with Gasteiger partial charge in [-0.2, -0.15) is 0 Å². The molecule has 2 aromatic heterocycles. The first kappa shape index (κ1) is 20.5. The Morgan fingerprint density at radius 1 is 0.828 bits per heavy atom. The molecule has 0 aliphatic rings. The molecular formula is C23H26N2O4. The minimum atomic E-state index is -0.238. The zero-order chi connectivity index (χ0) is 20.8. The fourth-order valence-corrected chi connectivity index (χ4v) is 2.92. The second-order valence-corrected chi connectivity index (χ2v) is 6.86. The lowest BCUT2D eigenvalue weighted by molar-refractivity contribution is 0.0906. The minimum absolute atomic E-state index is 0.170. The topological polar surface area (TPSA) is 84.5 Å². The lowest BCUT2D eigenvalue weighted by Gasteiger charge is -2.14. The third kappa shape index (κ3) is 5.16. The first-order valence-corrected chi connectivity index (χ1v) is 9.85. The lowest BCUT2D eigenvalue weighted by atomic mass is 10.1. The Morgan fingerprint density at radius 2 is 1.38 bits per heavy atom. The highest BCUT2D eigenvalue weighted by atomic mass is 16.4. The number of carbonyl (C=O) groups is 2. The van der Waals surface area contributed by atoms with Crippen molar-refractivity contribution >= 4 is 11.8 Å². The van der Waals surface area contributed by atoms with Gasteiger partial charge in [0.25, 0.3) is 11.8 Å². The number of furan rings is 2. The van der Waals surface area contributed by atoms with E-state index in [2.05, 4.69) is 10.6 Å². The maximum absolute atomic E-state index is 12.3. The molecule has 0 aliphatic heterocycles. The van der Waals surface area contributed by atoms with Crippen molar-refractivity contribution in [2.45, 2.75) is 46.2 Å². The van der Waals surface area contributed by atoms with E-state index in [4.69, 9.17) is 8.83 Å². The minimum Gasteiger partial charge on any atom is -0.456 e. The van der Waals surface area contributed by atoms with Gasteiger partial charge in [0, 0.05) is 19.4 Å². The molecule has 0 saturated heterocycles. The van der Waals surface area contributed by atoms with Crippen molar-refractivity contribution in [3.8, 4) is 0 Å². The zero-order valence-electron chi connectivity index (χ0n) is 17.0.